The van der Waals surface area contributed by atoms with Gasteiger partial charge in [-0.05, 0) is 41.8 Å². The third-order valence-electron chi connectivity index (χ3n) is 4.11. The molecule has 9 heteroatoms. The fraction of sp³-hybridized carbons (Fsp3) is 0.333. The highest BCUT2D eigenvalue weighted by atomic mass is 19.4. The van der Waals surface area contributed by atoms with Crippen molar-refractivity contribution in [3.05, 3.63) is 65.2 Å². The van der Waals surface area contributed by atoms with Crippen LogP contribution in [0.25, 0.3) is 0 Å². The van der Waals surface area contributed by atoms with Gasteiger partial charge in [-0.25, -0.2) is 0 Å². The van der Waals surface area contributed by atoms with Gasteiger partial charge in [0, 0.05) is 32.7 Å². The summed E-state index contributed by atoms with van der Waals surface area (Å²) in [5, 5.41) is 8.87. The van der Waals surface area contributed by atoms with Crippen molar-refractivity contribution in [1.82, 2.24) is 16.0 Å². The Hall–Kier alpha value is -3.23. The molecule has 0 saturated heterocycles. The number of aliphatic imine (C=N–C) groups is 1. The summed E-state index contributed by atoms with van der Waals surface area (Å²) in [6.07, 6.45) is -3.69. The summed E-state index contributed by atoms with van der Waals surface area (Å²) in [5.74, 6) is 0.577. The molecule has 162 valence electrons. The van der Waals surface area contributed by atoms with E-state index in [1.807, 2.05) is 18.2 Å². The molecule has 2 aromatic rings. The summed E-state index contributed by atoms with van der Waals surface area (Å²) in [6, 6.07) is 13.8. The van der Waals surface area contributed by atoms with E-state index in [2.05, 4.69) is 20.9 Å². The Labute approximate surface area is 173 Å². The van der Waals surface area contributed by atoms with Crippen LogP contribution in [0.15, 0.2) is 53.5 Å². The molecular formula is C21H25F3N4O2. The highest BCUT2D eigenvalue weighted by Gasteiger charge is 2.28. The second-order valence-corrected chi connectivity index (χ2v) is 6.43. The molecule has 0 heterocycles. The van der Waals surface area contributed by atoms with Crippen LogP contribution in [-0.2, 0) is 13.0 Å². The molecule has 3 N–H and O–H groups in total. The quantitative estimate of drug-likeness (QED) is 0.452. The highest BCUT2D eigenvalue weighted by molar-refractivity contribution is 5.94. The molecule has 0 fully saturated rings. The first-order valence-electron chi connectivity index (χ1n) is 9.35. The molecule has 0 bridgehead atoms. The molecule has 0 atom stereocenters. The molecule has 6 nitrogen and oxygen atoms in total. The van der Waals surface area contributed by atoms with Gasteiger partial charge >= 0.3 is 6.18 Å². The maximum Gasteiger partial charge on any atom is 0.422 e. The molecule has 1 amide bonds. The van der Waals surface area contributed by atoms with E-state index in [9.17, 15) is 18.0 Å². The Bertz CT molecular complexity index is 869. The monoisotopic (exact) mass is 422 g/mol. The fourth-order valence-corrected chi connectivity index (χ4v) is 2.65. The van der Waals surface area contributed by atoms with Gasteiger partial charge < -0.3 is 20.7 Å². The summed E-state index contributed by atoms with van der Waals surface area (Å²) in [5.41, 5.74) is 2.37. The summed E-state index contributed by atoms with van der Waals surface area (Å²) in [6.45, 7) is -0.366. The number of amides is 1. The molecule has 30 heavy (non-hydrogen) atoms. The number of nitrogens with zero attached hydrogens (tertiary/aromatic N) is 1. The summed E-state index contributed by atoms with van der Waals surface area (Å²) in [4.78, 5) is 15.8. The lowest BCUT2D eigenvalue weighted by Crippen LogP contribution is -2.37. The van der Waals surface area contributed by atoms with Gasteiger partial charge in [-0.15, -0.1) is 0 Å². The van der Waals surface area contributed by atoms with E-state index >= 15 is 0 Å². The van der Waals surface area contributed by atoms with Gasteiger partial charge in [-0.2, -0.15) is 13.2 Å². The van der Waals surface area contributed by atoms with E-state index in [0.29, 0.717) is 31.0 Å². The van der Waals surface area contributed by atoms with Crippen LogP contribution in [-0.4, -0.2) is 45.3 Å². The van der Waals surface area contributed by atoms with Crippen LogP contribution in [0.1, 0.15) is 21.5 Å². The molecule has 2 aromatic carbocycles. The van der Waals surface area contributed by atoms with Gasteiger partial charge in [-0.1, -0.05) is 24.3 Å². The van der Waals surface area contributed by atoms with Crippen molar-refractivity contribution in [2.45, 2.75) is 19.1 Å². The number of hydrogen-bond acceptors (Lipinski definition) is 3. The zero-order chi connectivity index (χ0) is 22.0. The summed E-state index contributed by atoms with van der Waals surface area (Å²) >= 11 is 0. The second kappa shape index (κ2) is 11.1. The molecule has 0 saturated carbocycles. The number of guanidine groups is 1. The maximum atomic E-state index is 12.3. The van der Waals surface area contributed by atoms with Gasteiger partial charge in [0.2, 0.25) is 0 Å². The van der Waals surface area contributed by atoms with Crippen LogP contribution in [0.3, 0.4) is 0 Å². The topological polar surface area (TPSA) is 74.8 Å². The molecule has 0 spiro atoms. The molecule has 0 aliphatic carbocycles. The van der Waals surface area contributed by atoms with Crippen molar-refractivity contribution in [2.24, 2.45) is 4.99 Å². The third kappa shape index (κ3) is 8.02. The van der Waals surface area contributed by atoms with Crippen LogP contribution in [0.5, 0.6) is 5.75 Å². The Morgan fingerprint density at radius 2 is 1.80 bits per heavy atom. The Morgan fingerprint density at radius 3 is 2.50 bits per heavy atom. The average molecular weight is 422 g/mol. The molecule has 0 aliphatic rings. The molecule has 0 aliphatic heterocycles. The van der Waals surface area contributed by atoms with Crippen LogP contribution >= 0.6 is 0 Å². The van der Waals surface area contributed by atoms with Crippen LogP contribution in [0.4, 0.5) is 13.2 Å². The maximum absolute atomic E-state index is 12.3. The van der Waals surface area contributed by atoms with Gasteiger partial charge in [0.05, 0.1) is 0 Å². The largest absolute Gasteiger partial charge is 0.484 e. The minimum absolute atomic E-state index is 0.135. The van der Waals surface area contributed by atoms with Crippen LogP contribution < -0.4 is 20.7 Å². The normalized spacial score (nSPS) is 11.7. The van der Waals surface area contributed by atoms with E-state index in [0.717, 1.165) is 11.1 Å². The number of benzene rings is 2. The highest BCUT2D eigenvalue weighted by Crippen LogP contribution is 2.19. The first-order chi connectivity index (χ1) is 14.3. The van der Waals surface area contributed by atoms with Crippen LogP contribution in [0, 0.1) is 0 Å². The molecule has 2 rings (SSSR count). The van der Waals surface area contributed by atoms with E-state index < -0.39 is 12.8 Å². The number of carbonyl (C=O) groups excluding carboxylic acids is 1. The van der Waals surface area contributed by atoms with Crippen molar-refractivity contribution in [1.29, 1.82) is 0 Å². The van der Waals surface area contributed by atoms with Gasteiger partial charge in [0.25, 0.3) is 5.91 Å². The van der Waals surface area contributed by atoms with E-state index in [1.165, 1.54) is 6.07 Å². The predicted molar refractivity (Wildman–Crippen MR) is 110 cm³/mol. The van der Waals surface area contributed by atoms with Crippen molar-refractivity contribution in [2.75, 3.05) is 27.2 Å². The van der Waals surface area contributed by atoms with E-state index in [4.69, 9.17) is 4.74 Å². The molecular weight excluding hydrogens is 397 g/mol. The van der Waals surface area contributed by atoms with Crippen LogP contribution in [0.2, 0.25) is 0 Å². The Balaban J connectivity index is 1.82. The Kier molecular flexibility index (Phi) is 8.52. The fourth-order valence-electron chi connectivity index (χ4n) is 2.65. The van der Waals surface area contributed by atoms with Crippen molar-refractivity contribution in [3.8, 4) is 5.75 Å². The van der Waals surface area contributed by atoms with E-state index in [1.54, 1.807) is 38.4 Å². The lowest BCUT2D eigenvalue weighted by molar-refractivity contribution is -0.153. The lowest BCUT2D eigenvalue weighted by atomic mass is 10.1. The minimum atomic E-state index is -4.37. The van der Waals surface area contributed by atoms with Crippen molar-refractivity contribution in [3.63, 3.8) is 0 Å². The number of carbonyl (C=O) groups is 1. The zero-order valence-electron chi connectivity index (χ0n) is 16.8. The predicted octanol–water partition coefficient (Wildman–Crippen LogP) is 2.90. The zero-order valence-corrected chi connectivity index (χ0v) is 16.8. The number of nitrogens with one attached hydrogen (secondary N) is 3. The number of rotatable bonds is 8. The van der Waals surface area contributed by atoms with Gasteiger partial charge in [-0.3, -0.25) is 9.79 Å². The number of hydrogen-bond donors (Lipinski definition) is 3. The molecule has 0 aromatic heterocycles. The SMILES string of the molecule is CN=C(NCCc1cccc(C(=O)NC)c1)NCc1cccc(OCC(F)(F)F)c1. The smallest absolute Gasteiger partial charge is 0.422 e. The van der Waals surface area contributed by atoms with Gasteiger partial charge in [0.15, 0.2) is 12.6 Å². The minimum Gasteiger partial charge on any atom is -0.484 e. The summed E-state index contributed by atoms with van der Waals surface area (Å²) < 4.78 is 41.6. The summed E-state index contributed by atoms with van der Waals surface area (Å²) in [7, 11) is 3.22. The Morgan fingerprint density at radius 1 is 1.07 bits per heavy atom. The van der Waals surface area contributed by atoms with Crippen molar-refractivity contribution < 1.29 is 22.7 Å². The molecule has 0 radical (unpaired) electrons. The second-order valence-electron chi connectivity index (χ2n) is 6.43. The number of halogens is 3. The first kappa shape index (κ1) is 23.1. The average Bonchev–Trinajstić information content (AvgIpc) is 2.74. The number of alkyl halides is 3. The standard InChI is InChI=1S/C21H25F3N4O2/c1-25-19(29)17-7-3-5-15(11-17)9-10-27-20(26-2)28-13-16-6-4-8-18(12-16)30-14-21(22,23)24/h3-8,11-12H,9-10,13-14H2,1-2H3,(H,25,29)(H2,26,27,28). The van der Waals surface area contributed by atoms with Gasteiger partial charge in [0.1, 0.15) is 5.75 Å². The van der Waals surface area contributed by atoms with Crippen molar-refractivity contribution >= 4 is 11.9 Å². The number of ether oxygens (including phenoxy) is 1. The first-order valence-corrected chi connectivity index (χ1v) is 9.35. The molecule has 0 unspecified atom stereocenters. The van der Waals surface area contributed by atoms with E-state index in [-0.39, 0.29) is 11.7 Å². The lowest BCUT2D eigenvalue weighted by Gasteiger charge is -2.13. The third-order valence-corrected chi connectivity index (χ3v) is 4.11.